The Morgan fingerprint density at radius 2 is 2.12 bits per heavy atom. The highest BCUT2D eigenvalue weighted by molar-refractivity contribution is 9.11. The normalized spacial score (nSPS) is 10.7. The van der Waals surface area contributed by atoms with Gasteiger partial charge in [-0.1, -0.05) is 30.0 Å². The van der Waals surface area contributed by atoms with E-state index in [0.29, 0.717) is 15.4 Å². The van der Waals surface area contributed by atoms with Crippen molar-refractivity contribution in [2.75, 3.05) is 11.1 Å². The Hall–Kier alpha value is -1.78. The quantitative estimate of drug-likeness (QED) is 0.558. The van der Waals surface area contributed by atoms with Crippen molar-refractivity contribution in [2.45, 2.75) is 12.1 Å². The number of anilines is 1. The number of pyridine rings is 1. The maximum atomic E-state index is 12.2. The summed E-state index contributed by atoms with van der Waals surface area (Å²) in [5, 5.41) is 15.0. The monoisotopic (exact) mass is 482 g/mol. The van der Waals surface area contributed by atoms with E-state index in [1.165, 1.54) is 11.8 Å². The van der Waals surface area contributed by atoms with Gasteiger partial charge in [0.25, 0.3) is 0 Å². The molecule has 10 heteroatoms. The van der Waals surface area contributed by atoms with Gasteiger partial charge in [-0.2, -0.15) is 4.68 Å². The van der Waals surface area contributed by atoms with Gasteiger partial charge in [0.15, 0.2) is 0 Å². The van der Waals surface area contributed by atoms with Crippen molar-refractivity contribution in [1.82, 2.24) is 25.2 Å². The highest BCUT2D eigenvalue weighted by Gasteiger charge is 2.14. The summed E-state index contributed by atoms with van der Waals surface area (Å²) in [6, 6.07) is 9.59. The lowest BCUT2D eigenvalue weighted by Gasteiger charge is -2.08. The summed E-state index contributed by atoms with van der Waals surface area (Å²) < 4.78 is 3.15. The predicted octanol–water partition coefficient (Wildman–Crippen LogP) is 3.62. The third-order valence-electron chi connectivity index (χ3n) is 3.18. The summed E-state index contributed by atoms with van der Waals surface area (Å²) in [7, 11) is 0. The van der Waals surface area contributed by atoms with Gasteiger partial charge in [-0.05, 0) is 66.9 Å². The Bertz CT molecular complexity index is 917. The third kappa shape index (κ3) is 4.44. The summed E-state index contributed by atoms with van der Waals surface area (Å²) in [5.74, 6) is 0.434. The van der Waals surface area contributed by atoms with Crippen LogP contribution in [0.25, 0.3) is 5.69 Å². The minimum atomic E-state index is -0.195. The Balaban J connectivity index is 1.67. The number of carbonyl (C=O) groups is 1. The summed E-state index contributed by atoms with van der Waals surface area (Å²) in [5.41, 5.74) is 1.93. The van der Waals surface area contributed by atoms with Crippen LogP contribution in [0.1, 0.15) is 5.56 Å². The van der Waals surface area contributed by atoms with E-state index in [9.17, 15) is 4.79 Å². The van der Waals surface area contributed by atoms with Crippen molar-refractivity contribution in [3.05, 3.63) is 51.0 Å². The molecule has 0 radical (unpaired) electrons. The van der Waals surface area contributed by atoms with E-state index in [1.54, 1.807) is 10.9 Å². The van der Waals surface area contributed by atoms with E-state index in [0.717, 1.165) is 15.7 Å². The second kappa shape index (κ2) is 8.07. The van der Waals surface area contributed by atoms with Crippen LogP contribution in [0, 0.1) is 6.92 Å². The van der Waals surface area contributed by atoms with E-state index in [2.05, 4.69) is 57.7 Å². The van der Waals surface area contributed by atoms with E-state index in [4.69, 9.17) is 0 Å². The summed E-state index contributed by atoms with van der Waals surface area (Å²) >= 11 is 7.94. The SMILES string of the molecule is Cc1ccccc1-n1nnnc1SCC(=O)Nc1ncc(Br)cc1Br. The molecule has 7 nitrogen and oxygen atoms in total. The number of carbonyl (C=O) groups excluding carboxylic acids is 1. The van der Waals surface area contributed by atoms with Crippen LogP contribution in [0.5, 0.6) is 0 Å². The lowest BCUT2D eigenvalue weighted by molar-refractivity contribution is -0.113. The number of amides is 1. The Morgan fingerprint density at radius 3 is 2.88 bits per heavy atom. The number of tetrazole rings is 1. The van der Waals surface area contributed by atoms with Crippen LogP contribution in [0.3, 0.4) is 0 Å². The molecule has 1 N–H and O–H groups in total. The van der Waals surface area contributed by atoms with Gasteiger partial charge >= 0.3 is 0 Å². The first-order valence-corrected chi connectivity index (χ1v) is 9.70. The standard InChI is InChI=1S/C15H12Br2N6OS/c1-9-4-2-3-5-12(9)23-15(20-21-22-23)25-8-13(24)19-14-11(17)6-10(16)7-18-14/h2-7H,8H2,1H3,(H,18,19,24). The summed E-state index contributed by atoms with van der Waals surface area (Å²) in [4.78, 5) is 16.3. The molecule has 3 rings (SSSR count). The molecule has 0 fully saturated rings. The first-order chi connectivity index (χ1) is 12.0. The minimum absolute atomic E-state index is 0.163. The maximum Gasteiger partial charge on any atom is 0.236 e. The summed E-state index contributed by atoms with van der Waals surface area (Å²) in [6.07, 6.45) is 1.62. The first-order valence-electron chi connectivity index (χ1n) is 7.12. The Labute approximate surface area is 164 Å². The van der Waals surface area contributed by atoms with Gasteiger partial charge in [0.1, 0.15) is 5.82 Å². The van der Waals surface area contributed by atoms with E-state index in [1.807, 2.05) is 37.3 Å². The van der Waals surface area contributed by atoms with Crippen LogP contribution in [0.4, 0.5) is 5.82 Å². The number of halogens is 2. The molecular weight excluding hydrogens is 472 g/mol. The number of benzene rings is 1. The molecule has 1 amide bonds. The number of hydrogen-bond acceptors (Lipinski definition) is 6. The number of hydrogen-bond donors (Lipinski definition) is 1. The number of aryl methyl sites for hydroxylation is 1. The fourth-order valence-corrected chi connectivity index (χ4v) is 3.80. The van der Waals surface area contributed by atoms with Crippen molar-refractivity contribution in [2.24, 2.45) is 0 Å². The molecule has 0 spiro atoms. The van der Waals surface area contributed by atoms with Crippen LogP contribution < -0.4 is 5.32 Å². The zero-order chi connectivity index (χ0) is 17.8. The number of rotatable bonds is 5. The van der Waals surface area contributed by atoms with Crippen LogP contribution in [0.15, 0.2) is 50.6 Å². The molecule has 1 aromatic carbocycles. The maximum absolute atomic E-state index is 12.2. The number of aromatic nitrogens is 5. The highest BCUT2D eigenvalue weighted by Crippen LogP contribution is 2.24. The number of para-hydroxylation sites is 1. The Kier molecular flexibility index (Phi) is 5.82. The van der Waals surface area contributed by atoms with E-state index in [-0.39, 0.29) is 11.7 Å². The largest absolute Gasteiger partial charge is 0.309 e. The van der Waals surface area contributed by atoms with Gasteiger partial charge in [0.05, 0.1) is 15.9 Å². The van der Waals surface area contributed by atoms with Crippen molar-refractivity contribution >= 4 is 55.3 Å². The molecule has 0 bridgehead atoms. The van der Waals surface area contributed by atoms with Crippen LogP contribution in [-0.4, -0.2) is 36.9 Å². The van der Waals surface area contributed by atoms with E-state index < -0.39 is 0 Å². The molecule has 0 aliphatic heterocycles. The van der Waals surface area contributed by atoms with Crippen molar-refractivity contribution < 1.29 is 4.79 Å². The number of nitrogens with one attached hydrogen (secondary N) is 1. The average Bonchev–Trinajstić information content (AvgIpc) is 3.04. The van der Waals surface area contributed by atoms with Crippen LogP contribution >= 0.6 is 43.6 Å². The molecule has 2 heterocycles. The zero-order valence-corrected chi connectivity index (χ0v) is 17.0. The van der Waals surface area contributed by atoms with Crippen LogP contribution in [-0.2, 0) is 4.79 Å². The molecule has 0 atom stereocenters. The Morgan fingerprint density at radius 1 is 1.32 bits per heavy atom. The molecule has 2 aromatic heterocycles. The van der Waals surface area contributed by atoms with Gasteiger partial charge < -0.3 is 5.32 Å². The molecule has 0 saturated carbocycles. The van der Waals surface area contributed by atoms with Gasteiger partial charge in [-0.15, -0.1) is 5.10 Å². The molecule has 3 aromatic rings. The molecule has 25 heavy (non-hydrogen) atoms. The molecular formula is C15H12Br2N6OS. The number of thioether (sulfide) groups is 1. The highest BCUT2D eigenvalue weighted by atomic mass is 79.9. The smallest absolute Gasteiger partial charge is 0.236 e. The van der Waals surface area contributed by atoms with Gasteiger partial charge in [0, 0.05) is 10.7 Å². The second-order valence-corrected chi connectivity index (χ2v) is 7.69. The molecule has 0 aliphatic carbocycles. The lowest BCUT2D eigenvalue weighted by Crippen LogP contribution is -2.16. The van der Waals surface area contributed by atoms with Crippen LogP contribution in [0.2, 0.25) is 0 Å². The average molecular weight is 484 g/mol. The first kappa shape index (κ1) is 18.0. The van der Waals surface area contributed by atoms with Gasteiger partial charge in [-0.25, -0.2) is 4.98 Å². The third-order valence-corrected chi connectivity index (χ3v) is 5.14. The van der Waals surface area contributed by atoms with Gasteiger partial charge in [-0.3, -0.25) is 4.79 Å². The second-order valence-electron chi connectivity index (χ2n) is 4.98. The van der Waals surface area contributed by atoms with Crippen molar-refractivity contribution in [3.8, 4) is 5.69 Å². The van der Waals surface area contributed by atoms with Gasteiger partial charge in [0.2, 0.25) is 11.1 Å². The topological polar surface area (TPSA) is 85.6 Å². The van der Waals surface area contributed by atoms with E-state index >= 15 is 0 Å². The molecule has 128 valence electrons. The molecule has 0 aliphatic rings. The zero-order valence-electron chi connectivity index (χ0n) is 13.0. The number of nitrogens with zero attached hydrogens (tertiary/aromatic N) is 5. The lowest BCUT2D eigenvalue weighted by atomic mass is 10.2. The predicted molar refractivity (Wildman–Crippen MR) is 103 cm³/mol. The minimum Gasteiger partial charge on any atom is -0.309 e. The fourth-order valence-electron chi connectivity index (χ4n) is 2.03. The summed E-state index contributed by atoms with van der Waals surface area (Å²) in [6.45, 7) is 1.98. The van der Waals surface area contributed by atoms with Crippen molar-refractivity contribution in [1.29, 1.82) is 0 Å². The molecule has 0 saturated heterocycles. The molecule has 0 unspecified atom stereocenters. The van der Waals surface area contributed by atoms with Crippen molar-refractivity contribution in [3.63, 3.8) is 0 Å². The fraction of sp³-hybridized carbons (Fsp3) is 0.133.